The zero-order valence-corrected chi connectivity index (χ0v) is 15.0. The van der Waals surface area contributed by atoms with E-state index >= 15 is 0 Å². The van der Waals surface area contributed by atoms with Crippen molar-refractivity contribution in [1.29, 1.82) is 0 Å². The molecule has 1 N–H and O–H groups in total. The highest BCUT2D eigenvalue weighted by molar-refractivity contribution is 7.91. The van der Waals surface area contributed by atoms with Gasteiger partial charge >= 0.3 is 0 Å². The molecule has 2 rings (SSSR count). The van der Waals surface area contributed by atoms with Gasteiger partial charge in [0.15, 0.2) is 0 Å². The first-order chi connectivity index (χ1) is 9.67. The lowest BCUT2D eigenvalue weighted by Crippen LogP contribution is -2.41. The molecule has 21 heavy (non-hydrogen) atoms. The molecule has 2 fully saturated rings. The zero-order valence-electron chi connectivity index (χ0n) is 14.2. The summed E-state index contributed by atoms with van der Waals surface area (Å²) in [6, 6.07) is 0. The van der Waals surface area contributed by atoms with Crippen molar-refractivity contribution in [2.24, 2.45) is 17.8 Å². The van der Waals surface area contributed by atoms with Crippen LogP contribution < -0.4 is 5.32 Å². The van der Waals surface area contributed by atoms with Gasteiger partial charge in [-0.25, -0.2) is 8.42 Å². The predicted molar refractivity (Wildman–Crippen MR) is 89.2 cm³/mol. The van der Waals surface area contributed by atoms with Crippen LogP contribution in [0.1, 0.15) is 65.7 Å². The second-order valence-electron chi connectivity index (χ2n) is 8.36. The fraction of sp³-hybridized carbons (Fsp3) is 1.00. The molecule has 2 saturated carbocycles. The standard InChI is InChI=1S/C17H33NO2S/c1-17(2,3)18-12-14-8-6-10-16(14)13-7-5-9-15(11-13)21(4,19)20/h13-16,18H,5-12H2,1-4H3. The molecule has 124 valence electrons. The summed E-state index contributed by atoms with van der Waals surface area (Å²) in [5.41, 5.74) is 0.176. The van der Waals surface area contributed by atoms with Gasteiger partial charge < -0.3 is 5.32 Å². The minimum Gasteiger partial charge on any atom is -0.312 e. The van der Waals surface area contributed by atoms with E-state index in [-0.39, 0.29) is 10.8 Å². The van der Waals surface area contributed by atoms with E-state index in [2.05, 4.69) is 26.1 Å². The molecule has 0 aromatic heterocycles. The molecule has 0 spiro atoms. The van der Waals surface area contributed by atoms with Gasteiger partial charge in [0.05, 0.1) is 5.25 Å². The first-order valence-corrected chi connectivity index (χ1v) is 10.6. The molecule has 4 heteroatoms. The molecule has 0 heterocycles. The summed E-state index contributed by atoms with van der Waals surface area (Å²) in [5.74, 6) is 2.12. The normalized spacial score (nSPS) is 35.0. The second kappa shape index (κ2) is 6.57. The van der Waals surface area contributed by atoms with Gasteiger partial charge in [0.2, 0.25) is 0 Å². The number of hydrogen-bond donors (Lipinski definition) is 1. The van der Waals surface area contributed by atoms with Crippen molar-refractivity contribution in [3.63, 3.8) is 0 Å². The summed E-state index contributed by atoms with van der Waals surface area (Å²) in [6.45, 7) is 7.75. The fourth-order valence-electron chi connectivity index (χ4n) is 4.34. The number of nitrogens with one attached hydrogen (secondary N) is 1. The van der Waals surface area contributed by atoms with Crippen LogP contribution in [0.5, 0.6) is 0 Å². The van der Waals surface area contributed by atoms with Gasteiger partial charge in [-0.05, 0) is 70.8 Å². The topological polar surface area (TPSA) is 46.2 Å². The molecule has 0 aliphatic heterocycles. The zero-order chi connectivity index (χ0) is 15.7. The summed E-state index contributed by atoms with van der Waals surface area (Å²) in [4.78, 5) is 0. The van der Waals surface area contributed by atoms with Crippen molar-refractivity contribution in [3.05, 3.63) is 0 Å². The third-order valence-electron chi connectivity index (χ3n) is 5.49. The van der Waals surface area contributed by atoms with Gasteiger partial charge in [-0.2, -0.15) is 0 Å². The van der Waals surface area contributed by atoms with Crippen LogP contribution in [0.3, 0.4) is 0 Å². The van der Waals surface area contributed by atoms with Gasteiger partial charge in [0, 0.05) is 11.8 Å². The second-order valence-corrected chi connectivity index (χ2v) is 10.7. The Labute approximate surface area is 131 Å². The molecule has 0 radical (unpaired) electrons. The van der Waals surface area contributed by atoms with E-state index in [0.717, 1.165) is 37.6 Å². The van der Waals surface area contributed by atoms with E-state index in [0.29, 0.717) is 5.92 Å². The Morgan fingerprint density at radius 3 is 2.33 bits per heavy atom. The lowest BCUT2D eigenvalue weighted by molar-refractivity contribution is 0.193. The maximum absolute atomic E-state index is 11.9. The van der Waals surface area contributed by atoms with Crippen molar-refractivity contribution in [3.8, 4) is 0 Å². The average molecular weight is 316 g/mol. The Balaban J connectivity index is 1.96. The van der Waals surface area contributed by atoms with Crippen LogP contribution >= 0.6 is 0 Å². The molecule has 0 amide bonds. The maximum atomic E-state index is 11.9. The van der Waals surface area contributed by atoms with Crippen LogP contribution in [0.2, 0.25) is 0 Å². The van der Waals surface area contributed by atoms with Crippen molar-refractivity contribution < 1.29 is 8.42 Å². The van der Waals surface area contributed by atoms with E-state index in [1.165, 1.54) is 31.9 Å². The molecule has 0 saturated heterocycles. The summed E-state index contributed by atoms with van der Waals surface area (Å²) in [7, 11) is -2.86. The van der Waals surface area contributed by atoms with Crippen LogP contribution in [0.4, 0.5) is 0 Å². The lowest BCUT2D eigenvalue weighted by atomic mass is 9.75. The van der Waals surface area contributed by atoms with Gasteiger partial charge in [-0.1, -0.05) is 19.3 Å². The highest BCUT2D eigenvalue weighted by Crippen LogP contribution is 2.43. The SMILES string of the molecule is CC(C)(C)NCC1CCCC1C1CCCC(S(C)(=O)=O)C1. The first kappa shape index (κ1) is 17.3. The summed E-state index contributed by atoms with van der Waals surface area (Å²) < 4.78 is 23.7. The van der Waals surface area contributed by atoms with Crippen molar-refractivity contribution in [2.75, 3.05) is 12.8 Å². The minimum atomic E-state index is -2.86. The fourth-order valence-corrected chi connectivity index (χ4v) is 5.53. The van der Waals surface area contributed by atoms with Crippen LogP contribution in [0, 0.1) is 17.8 Å². The first-order valence-electron chi connectivity index (χ1n) is 8.61. The number of rotatable bonds is 4. The summed E-state index contributed by atoms with van der Waals surface area (Å²) in [5, 5.41) is 3.58. The Morgan fingerprint density at radius 1 is 1.05 bits per heavy atom. The Kier molecular flexibility index (Phi) is 5.40. The van der Waals surface area contributed by atoms with E-state index < -0.39 is 9.84 Å². The number of sulfone groups is 1. The molecular weight excluding hydrogens is 282 g/mol. The predicted octanol–water partition coefficient (Wildman–Crippen LogP) is 3.39. The van der Waals surface area contributed by atoms with Gasteiger partial charge in [0.25, 0.3) is 0 Å². The average Bonchev–Trinajstić information content (AvgIpc) is 2.83. The quantitative estimate of drug-likeness (QED) is 0.865. The highest BCUT2D eigenvalue weighted by atomic mass is 32.2. The van der Waals surface area contributed by atoms with Gasteiger partial charge in [0.1, 0.15) is 9.84 Å². The summed E-state index contributed by atoms with van der Waals surface area (Å²) >= 11 is 0. The van der Waals surface area contributed by atoms with Crippen molar-refractivity contribution >= 4 is 9.84 Å². The molecule has 2 aliphatic rings. The van der Waals surface area contributed by atoms with Gasteiger partial charge in [-0.3, -0.25) is 0 Å². The van der Waals surface area contributed by atoms with Gasteiger partial charge in [-0.15, -0.1) is 0 Å². The minimum absolute atomic E-state index is 0.0759. The molecule has 0 aromatic rings. The molecule has 4 unspecified atom stereocenters. The lowest BCUT2D eigenvalue weighted by Gasteiger charge is -2.36. The molecule has 0 bridgehead atoms. The van der Waals surface area contributed by atoms with Crippen LogP contribution in [0.25, 0.3) is 0 Å². The third-order valence-corrected chi connectivity index (χ3v) is 7.13. The van der Waals surface area contributed by atoms with Crippen molar-refractivity contribution in [2.45, 2.75) is 76.5 Å². The molecule has 4 atom stereocenters. The van der Waals surface area contributed by atoms with Crippen LogP contribution in [-0.2, 0) is 9.84 Å². The third kappa shape index (κ3) is 4.95. The van der Waals surface area contributed by atoms with E-state index in [1.54, 1.807) is 0 Å². The monoisotopic (exact) mass is 315 g/mol. The largest absolute Gasteiger partial charge is 0.312 e. The van der Waals surface area contributed by atoms with Crippen molar-refractivity contribution in [1.82, 2.24) is 5.32 Å². The van der Waals surface area contributed by atoms with E-state index in [4.69, 9.17) is 0 Å². The molecular formula is C17H33NO2S. The van der Waals surface area contributed by atoms with Crippen LogP contribution in [-0.4, -0.2) is 32.0 Å². The Bertz CT molecular complexity index is 438. The molecule has 2 aliphatic carbocycles. The number of hydrogen-bond acceptors (Lipinski definition) is 3. The highest BCUT2D eigenvalue weighted by Gasteiger charge is 2.38. The van der Waals surface area contributed by atoms with E-state index in [1.807, 2.05) is 0 Å². The molecule has 3 nitrogen and oxygen atoms in total. The maximum Gasteiger partial charge on any atom is 0.150 e. The smallest absolute Gasteiger partial charge is 0.150 e. The molecule has 0 aromatic carbocycles. The summed E-state index contributed by atoms with van der Waals surface area (Å²) in [6.07, 6.45) is 9.49. The van der Waals surface area contributed by atoms with Crippen LogP contribution in [0.15, 0.2) is 0 Å². The van der Waals surface area contributed by atoms with E-state index in [9.17, 15) is 8.42 Å². The Hall–Kier alpha value is -0.0900. The Morgan fingerprint density at radius 2 is 1.71 bits per heavy atom.